The monoisotopic (exact) mass is 416 g/mol. The molecule has 0 saturated heterocycles. The van der Waals surface area contributed by atoms with Crippen LogP contribution < -0.4 is 9.47 Å². The SMILES string of the molecule is CC(C)CCOc1ccc(OCCC(C)C)c(C(S)=C(S)c2ccccc2)c1. The first-order chi connectivity index (χ1) is 13.4. The van der Waals surface area contributed by atoms with Gasteiger partial charge in [0.1, 0.15) is 11.5 Å². The molecule has 0 atom stereocenters. The maximum atomic E-state index is 6.08. The number of ether oxygens (including phenoxy) is 2. The van der Waals surface area contributed by atoms with Crippen molar-refractivity contribution in [2.75, 3.05) is 13.2 Å². The summed E-state index contributed by atoms with van der Waals surface area (Å²) in [5.41, 5.74) is 1.93. The number of thiol groups is 2. The first-order valence-electron chi connectivity index (χ1n) is 9.96. The Bertz CT molecular complexity index is 767. The van der Waals surface area contributed by atoms with Crippen molar-refractivity contribution in [3.63, 3.8) is 0 Å². The zero-order valence-corrected chi connectivity index (χ0v) is 19.1. The van der Waals surface area contributed by atoms with Gasteiger partial charge >= 0.3 is 0 Å². The van der Waals surface area contributed by atoms with Gasteiger partial charge in [0.25, 0.3) is 0 Å². The van der Waals surface area contributed by atoms with E-state index in [2.05, 4.69) is 27.7 Å². The van der Waals surface area contributed by atoms with Crippen LogP contribution in [-0.4, -0.2) is 13.2 Å². The van der Waals surface area contributed by atoms with Crippen molar-refractivity contribution in [3.8, 4) is 11.5 Å². The summed E-state index contributed by atoms with van der Waals surface area (Å²) in [6, 6.07) is 16.0. The molecule has 0 aromatic heterocycles. The summed E-state index contributed by atoms with van der Waals surface area (Å²) in [7, 11) is 0. The van der Waals surface area contributed by atoms with Gasteiger partial charge in [0.05, 0.1) is 13.2 Å². The van der Waals surface area contributed by atoms with Crippen LogP contribution in [0.25, 0.3) is 9.81 Å². The van der Waals surface area contributed by atoms with E-state index in [4.69, 9.17) is 34.7 Å². The van der Waals surface area contributed by atoms with Crippen molar-refractivity contribution in [1.29, 1.82) is 0 Å². The van der Waals surface area contributed by atoms with Gasteiger partial charge in [0.2, 0.25) is 0 Å². The molecule has 0 N–H and O–H groups in total. The molecule has 0 fully saturated rings. The Morgan fingerprint density at radius 1 is 0.786 bits per heavy atom. The Hall–Kier alpha value is -1.52. The largest absolute Gasteiger partial charge is 0.494 e. The molecular weight excluding hydrogens is 384 g/mol. The average Bonchev–Trinajstić information content (AvgIpc) is 2.68. The highest BCUT2D eigenvalue weighted by Gasteiger charge is 2.13. The van der Waals surface area contributed by atoms with Gasteiger partial charge < -0.3 is 9.47 Å². The molecule has 2 aromatic rings. The second kappa shape index (κ2) is 11.5. The number of benzene rings is 2. The summed E-state index contributed by atoms with van der Waals surface area (Å²) in [5, 5.41) is 0. The van der Waals surface area contributed by atoms with Crippen LogP contribution >= 0.6 is 25.3 Å². The van der Waals surface area contributed by atoms with Crippen molar-refractivity contribution < 1.29 is 9.47 Å². The predicted molar refractivity (Wildman–Crippen MR) is 128 cm³/mol. The molecule has 0 heterocycles. The van der Waals surface area contributed by atoms with Gasteiger partial charge in [0, 0.05) is 15.4 Å². The van der Waals surface area contributed by atoms with E-state index in [0.29, 0.717) is 25.0 Å². The Morgan fingerprint density at radius 2 is 1.39 bits per heavy atom. The van der Waals surface area contributed by atoms with Crippen molar-refractivity contribution >= 4 is 35.1 Å². The van der Waals surface area contributed by atoms with Crippen LogP contribution in [0.4, 0.5) is 0 Å². The van der Waals surface area contributed by atoms with Gasteiger partial charge in [-0.05, 0) is 48.4 Å². The molecule has 0 aliphatic rings. The van der Waals surface area contributed by atoms with E-state index < -0.39 is 0 Å². The van der Waals surface area contributed by atoms with Gasteiger partial charge in [-0.1, -0.05) is 58.0 Å². The van der Waals surface area contributed by atoms with Gasteiger partial charge in [-0.25, -0.2) is 0 Å². The summed E-state index contributed by atoms with van der Waals surface area (Å²) in [4.78, 5) is 1.60. The number of rotatable bonds is 10. The quantitative estimate of drug-likeness (QED) is 0.314. The highest BCUT2D eigenvalue weighted by atomic mass is 32.1. The summed E-state index contributed by atoms with van der Waals surface area (Å²) in [6.45, 7) is 10.2. The van der Waals surface area contributed by atoms with Crippen LogP contribution in [0, 0.1) is 11.8 Å². The molecule has 0 aliphatic carbocycles. The van der Waals surface area contributed by atoms with Crippen LogP contribution in [0.1, 0.15) is 51.7 Å². The van der Waals surface area contributed by atoms with Crippen molar-refractivity contribution in [2.45, 2.75) is 40.5 Å². The van der Waals surface area contributed by atoms with Crippen LogP contribution in [0.3, 0.4) is 0 Å². The smallest absolute Gasteiger partial charge is 0.127 e. The standard InChI is InChI=1S/C24H32O2S2/c1-17(2)12-14-25-20-10-11-22(26-15-13-18(3)4)21(16-20)24(28)23(27)19-8-6-5-7-9-19/h5-11,16-18,27-28H,12-15H2,1-4H3. The van der Waals surface area contributed by atoms with Crippen molar-refractivity contribution in [2.24, 2.45) is 11.8 Å². The molecule has 2 rings (SSSR count). The molecule has 2 nitrogen and oxygen atoms in total. The Morgan fingerprint density at radius 3 is 2.00 bits per heavy atom. The lowest BCUT2D eigenvalue weighted by Gasteiger charge is -2.16. The van der Waals surface area contributed by atoms with Gasteiger partial charge in [0.15, 0.2) is 0 Å². The number of hydrogen-bond acceptors (Lipinski definition) is 4. The molecule has 28 heavy (non-hydrogen) atoms. The van der Waals surface area contributed by atoms with Crippen LogP contribution in [0.5, 0.6) is 11.5 Å². The van der Waals surface area contributed by atoms with E-state index in [1.54, 1.807) is 0 Å². The van der Waals surface area contributed by atoms with Crippen LogP contribution in [0.2, 0.25) is 0 Å². The predicted octanol–water partition coefficient (Wildman–Crippen LogP) is 7.22. The number of hydrogen-bond donors (Lipinski definition) is 2. The molecule has 0 unspecified atom stereocenters. The molecule has 152 valence electrons. The lowest BCUT2D eigenvalue weighted by molar-refractivity contribution is 0.281. The summed E-state index contributed by atoms with van der Waals surface area (Å²) in [5.74, 6) is 2.84. The molecule has 2 aromatic carbocycles. The third-order valence-corrected chi connectivity index (χ3v) is 5.52. The normalized spacial score (nSPS) is 12.3. The Labute approximate surface area is 181 Å². The van der Waals surface area contributed by atoms with Crippen LogP contribution in [0.15, 0.2) is 48.5 Å². The molecule has 0 amide bonds. The van der Waals surface area contributed by atoms with E-state index >= 15 is 0 Å². The third-order valence-electron chi connectivity index (χ3n) is 4.39. The minimum Gasteiger partial charge on any atom is -0.494 e. The van der Waals surface area contributed by atoms with Gasteiger partial charge in [-0.2, -0.15) is 0 Å². The molecule has 0 saturated carbocycles. The molecule has 0 radical (unpaired) electrons. The van der Waals surface area contributed by atoms with E-state index in [1.165, 1.54) is 0 Å². The summed E-state index contributed by atoms with van der Waals surface area (Å²) < 4.78 is 12.0. The Kier molecular flexibility index (Phi) is 9.33. The lowest BCUT2D eigenvalue weighted by Crippen LogP contribution is -2.04. The lowest BCUT2D eigenvalue weighted by atomic mass is 10.1. The zero-order valence-electron chi connectivity index (χ0n) is 17.3. The summed E-state index contributed by atoms with van der Waals surface area (Å²) in [6.07, 6.45) is 2.03. The second-order valence-electron chi connectivity index (χ2n) is 7.78. The fraction of sp³-hybridized carbons (Fsp3) is 0.417. The fourth-order valence-electron chi connectivity index (χ4n) is 2.59. The van der Waals surface area contributed by atoms with Crippen molar-refractivity contribution in [1.82, 2.24) is 0 Å². The average molecular weight is 417 g/mol. The van der Waals surface area contributed by atoms with E-state index in [1.807, 2.05) is 48.5 Å². The first-order valence-corrected chi connectivity index (χ1v) is 10.9. The second-order valence-corrected chi connectivity index (χ2v) is 8.68. The summed E-state index contributed by atoms with van der Waals surface area (Å²) >= 11 is 9.53. The van der Waals surface area contributed by atoms with Gasteiger partial charge in [-0.15, -0.1) is 25.3 Å². The molecule has 0 bridgehead atoms. The molecule has 4 heteroatoms. The van der Waals surface area contributed by atoms with E-state index in [9.17, 15) is 0 Å². The minimum absolute atomic E-state index is 0.595. The Balaban J connectivity index is 2.32. The first kappa shape index (κ1) is 22.8. The molecular formula is C24H32O2S2. The molecule has 0 aliphatic heterocycles. The highest BCUT2D eigenvalue weighted by Crippen LogP contribution is 2.38. The molecule has 0 spiro atoms. The maximum absolute atomic E-state index is 6.08. The third kappa shape index (κ3) is 7.14. The minimum atomic E-state index is 0.595. The van der Waals surface area contributed by atoms with Gasteiger partial charge in [-0.3, -0.25) is 0 Å². The maximum Gasteiger partial charge on any atom is 0.127 e. The topological polar surface area (TPSA) is 18.5 Å². The zero-order chi connectivity index (χ0) is 20.5. The fourth-order valence-corrected chi connectivity index (χ4v) is 3.16. The van der Waals surface area contributed by atoms with Crippen LogP contribution in [-0.2, 0) is 0 Å². The van der Waals surface area contributed by atoms with E-state index in [-0.39, 0.29) is 0 Å². The van der Waals surface area contributed by atoms with E-state index in [0.717, 1.165) is 45.3 Å². The highest BCUT2D eigenvalue weighted by molar-refractivity contribution is 7.96. The van der Waals surface area contributed by atoms with Crippen molar-refractivity contribution in [3.05, 3.63) is 59.7 Å².